The fourth-order valence-electron chi connectivity index (χ4n) is 4.31. The predicted molar refractivity (Wildman–Crippen MR) is 119 cm³/mol. The molecule has 4 rings (SSSR count). The molecule has 2 aromatic rings. The number of hydrogen-bond donors (Lipinski definition) is 0. The second-order valence-electron chi connectivity index (χ2n) is 8.02. The number of piperidine rings is 1. The lowest BCUT2D eigenvalue weighted by Gasteiger charge is -2.33. The number of nitrogens with zero attached hydrogens (tertiary/aromatic N) is 2. The van der Waals surface area contributed by atoms with Crippen LogP contribution in [0.2, 0.25) is 5.02 Å². The van der Waals surface area contributed by atoms with Gasteiger partial charge in [0, 0.05) is 18.1 Å². The van der Waals surface area contributed by atoms with Gasteiger partial charge >= 0.3 is 0 Å². The second kappa shape index (κ2) is 8.15. The number of imide groups is 1. The van der Waals surface area contributed by atoms with Crippen LogP contribution in [-0.2, 0) is 9.59 Å². The first-order valence-corrected chi connectivity index (χ1v) is 10.6. The largest absolute Gasteiger partial charge is 0.497 e. The van der Waals surface area contributed by atoms with Gasteiger partial charge in [-0.25, -0.2) is 4.90 Å². The molecule has 6 heteroatoms. The summed E-state index contributed by atoms with van der Waals surface area (Å²) >= 11 is 6.10. The van der Waals surface area contributed by atoms with Gasteiger partial charge in [0.15, 0.2) is 0 Å². The molecule has 2 amide bonds. The third-order valence-corrected chi connectivity index (χ3v) is 6.05. The molecule has 0 aromatic heterocycles. The summed E-state index contributed by atoms with van der Waals surface area (Å²) < 4.78 is 5.25. The molecule has 0 N–H and O–H groups in total. The van der Waals surface area contributed by atoms with E-state index < -0.39 is 0 Å². The number of aryl methyl sites for hydroxylation is 1. The van der Waals surface area contributed by atoms with Crippen molar-refractivity contribution in [3.05, 3.63) is 64.3 Å². The van der Waals surface area contributed by atoms with E-state index in [2.05, 4.69) is 11.8 Å². The summed E-state index contributed by atoms with van der Waals surface area (Å²) in [7, 11) is 1.60. The van der Waals surface area contributed by atoms with Gasteiger partial charge in [-0.3, -0.25) is 9.59 Å². The van der Waals surface area contributed by atoms with Crippen molar-refractivity contribution in [3.8, 4) is 5.75 Å². The zero-order valence-electron chi connectivity index (χ0n) is 17.4. The molecule has 2 aliphatic rings. The minimum absolute atomic E-state index is 0.273. The van der Waals surface area contributed by atoms with Gasteiger partial charge < -0.3 is 9.64 Å². The molecule has 1 fully saturated rings. The zero-order valence-corrected chi connectivity index (χ0v) is 18.2. The molecular formula is C24H25ClN2O3. The Bertz CT molecular complexity index is 1030. The van der Waals surface area contributed by atoms with E-state index in [-0.39, 0.29) is 11.8 Å². The minimum atomic E-state index is -0.302. The summed E-state index contributed by atoms with van der Waals surface area (Å²) in [4.78, 5) is 30.6. The van der Waals surface area contributed by atoms with Crippen LogP contribution in [0.3, 0.4) is 0 Å². The molecule has 2 aliphatic heterocycles. The molecule has 0 bridgehead atoms. The monoisotopic (exact) mass is 424 g/mol. The average Bonchev–Trinajstić information content (AvgIpc) is 2.98. The lowest BCUT2D eigenvalue weighted by atomic mass is 9.98. The summed E-state index contributed by atoms with van der Waals surface area (Å²) in [6, 6.07) is 12.5. The number of likely N-dealkylation sites (tertiary alicyclic amines) is 1. The van der Waals surface area contributed by atoms with Crippen LogP contribution in [0.1, 0.15) is 30.9 Å². The summed E-state index contributed by atoms with van der Waals surface area (Å²) in [6.07, 6.45) is 2.13. The van der Waals surface area contributed by atoms with E-state index in [4.69, 9.17) is 16.3 Å². The Kier molecular flexibility index (Phi) is 5.56. The Morgan fingerprint density at radius 2 is 1.80 bits per heavy atom. The van der Waals surface area contributed by atoms with Crippen molar-refractivity contribution in [1.29, 1.82) is 0 Å². The van der Waals surface area contributed by atoms with Gasteiger partial charge in [-0.05, 0) is 67.1 Å². The predicted octanol–water partition coefficient (Wildman–Crippen LogP) is 4.67. The van der Waals surface area contributed by atoms with Crippen LogP contribution in [-0.4, -0.2) is 36.9 Å². The maximum atomic E-state index is 13.6. The van der Waals surface area contributed by atoms with Crippen LogP contribution in [0.25, 0.3) is 5.57 Å². The Morgan fingerprint density at radius 3 is 2.43 bits per heavy atom. The maximum absolute atomic E-state index is 13.6. The number of anilines is 1. The highest BCUT2D eigenvalue weighted by Crippen LogP contribution is 2.38. The van der Waals surface area contributed by atoms with Crippen molar-refractivity contribution in [2.24, 2.45) is 5.92 Å². The van der Waals surface area contributed by atoms with Gasteiger partial charge in [-0.1, -0.05) is 30.7 Å². The van der Waals surface area contributed by atoms with Gasteiger partial charge in [0.1, 0.15) is 11.4 Å². The van der Waals surface area contributed by atoms with Crippen molar-refractivity contribution in [3.63, 3.8) is 0 Å². The van der Waals surface area contributed by atoms with Gasteiger partial charge in [-0.15, -0.1) is 0 Å². The van der Waals surface area contributed by atoms with Crippen LogP contribution in [0.4, 0.5) is 5.69 Å². The molecule has 0 radical (unpaired) electrons. The molecule has 156 valence electrons. The molecular weight excluding hydrogens is 400 g/mol. The molecule has 1 saturated heterocycles. The van der Waals surface area contributed by atoms with Crippen LogP contribution >= 0.6 is 11.6 Å². The van der Waals surface area contributed by atoms with Crippen molar-refractivity contribution >= 4 is 34.7 Å². The fourth-order valence-corrected chi connectivity index (χ4v) is 4.54. The maximum Gasteiger partial charge on any atom is 0.282 e. The summed E-state index contributed by atoms with van der Waals surface area (Å²) in [5.74, 6) is 0.599. The normalized spacial score (nSPS) is 19.7. The average molecular weight is 425 g/mol. The lowest BCUT2D eigenvalue weighted by Crippen LogP contribution is -2.39. The van der Waals surface area contributed by atoms with Crippen LogP contribution in [0.5, 0.6) is 5.75 Å². The number of rotatable bonds is 4. The first kappa shape index (κ1) is 20.5. The van der Waals surface area contributed by atoms with Crippen molar-refractivity contribution in [1.82, 2.24) is 4.90 Å². The highest BCUT2D eigenvalue weighted by molar-refractivity contribution is 6.45. The molecule has 5 nitrogen and oxygen atoms in total. The van der Waals surface area contributed by atoms with Crippen LogP contribution < -0.4 is 9.64 Å². The number of ether oxygens (including phenoxy) is 1. The standard InChI is InChI=1S/C24H25ClN2O3/c1-15-5-4-12-26(14-15)22-21(17-6-9-19(30-3)10-7-17)23(28)27(24(22)29)20-11-8-18(25)13-16(20)2/h6-11,13,15H,4-5,12,14H2,1-3H3. The number of carbonyl (C=O) groups is 2. The van der Waals surface area contributed by atoms with Crippen molar-refractivity contribution in [2.75, 3.05) is 25.1 Å². The molecule has 2 aromatic carbocycles. The highest BCUT2D eigenvalue weighted by atomic mass is 35.5. The highest BCUT2D eigenvalue weighted by Gasteiger charge is 2.43. The number of carbonyl (C=O) groups excluding carboxylic acids is 2. The first-order chi connectivity index (χ1) is 14.4. The topological polar surface area (TPSA) is 49.9 Å². The number of amides is 2. The van der Waals surface area contributed by atoms with E-state index in [1.54, 1.807) is 25.3 Å². The Labute approximate surface area is 181 Å². The zero-order chi connectivity index (χ0) is 21.4. The van der Waals surface area contributed by atoms with E-state index in [1.165, 1.54) is 4.90 Å². The number of hydrogen-bond acceptors (Lipinski definition) is 4. The van der Waals surface area contributed by atoms with E-state index >= 15 is 0 Å². The smallest absolute Gasteiger partial charge is 0.282 e. The van der Waals surface area contributed by atoms with Crippen LogP contribution in [0.15, 0.2) is 48.2 Å². The van der Waals surface area contributed by atoms with E-state index in [9.17, 15) is 9.59 Å². The van der Waals surface area contributed by atoms with Crippen molar-refractivity contribution < 1.29 is 14.3 Å². The Balaban J connectivity index is 1.83. The second-order valence-corrected chi connectivity index (χ2v) is 8.46. The molecule has 30 heavy (non-hydrogen) atoms. The number of methoxy groups -OCH3 is 1. The summed E-state index contributed by atoms with van der Waals surface area (Å²) in [6.45, 7) is 5.57. The van der Waals surface area contributed by atoms with E-state index in [0.29, 0.717) is 33.6 Å². The minimum Gasteiger partial charge on any atom is -0.497 e. The number of halogens is 1. The van der Waals surface area contributed by atoms with E-state index in [1.807, 2.05) is 31.2 Å². The van der Waals surface area contributed by atoms with Gasteiger partial charge in [0.2, 0.25) is 0 Å². The third-order valence-electron chi connectivity index (χ3n) is 5.81. The van der Waals surface area contributed by atoms with Gasteiger partial charge in [0.05, 0.1) is 18.4 Å². The van der Waals surface area contributed by atoms with E-state index in [0.717, 1.165) is 37.1 Å². The summed E-state index contributed by atoms with van der Waals surface area (Å²) in [5, 5.41) is 0.573. The molecule has 2 heterocycles. The molecule has 0 aliphatic carbocycles. The van der Waals surface area contributed by atoms with Crippen LogP contribution in [0, 0.1) is 12.8 Å². The van der Waals surface area contributed by atoms with Gasteiger partial charge in [-0.2, -0.15) is 0 Å². The SMILES string of the molecule is COc1ccc(C2=C(N3CCCC(C)C3)C(=O)N(c3ccc(Cl)cc3C)C2=O)cc1. The molecule has 0 spiro atoms. The molecule has 1 unspecified atom stereocenters. The molecule has 0 saturated carbocycles. The summed E-state index contributed by atoms with van der Waals surface area (Å²) in [5.41, 5.74) is 3.01. The quantitative estimate of drug-likeness (QED) is 0.669. The number of benzene rings is 2. The fraction of sp³-hybridized carbons (Fsp3) is 0.333. The Morgan fingerprint density at radius 1 is 1.07 bits per heavy atom. The Hall–Kier alpha value is -2.79. The van der Waals surface area contributed by atoms with Gasteiger partial charge in [0.25, 0.3) is 11.8 Å². The lowest BCUT2D eigenvalue weighted by molar-refractivity contribution is -0.120. The molecule has 1 atom stereocenters. The third kappa shape index (κ3) is 3.58. The first-order valence-electron chi connectivity index (χ1n) is 10.2. The van der Waals surface area contributed by atoms with Crippen molar-refractivity contribution in [2.45, 2.75) is 26.7 Å².